The molecule has 1 amide bonds. The van der Waals surface area contributed by atoms with Crippen LogP contribution in [0.1, 0.15) is 43.3 Å². The van der Waals surface area contributed by atoms with Gasteiger partial charge in [0, 0.05) is 6.54 Å². The van der Waals surface area contributed by atoms with Gasteiger partial charge >= 0.3 is 12.1 Å². The standard InChI is InChI=1S/C15H24N2O5/c1-15(2,3)22-14(19)17-7-5-6-16-9-12-8-11(10-21-12)13(18)20-4/h8,10,16H,5-7,9H2,1-4H3,(H,17,19). The summed E-state index contributed by atoms with van der Waals surface area (Å²) in [5.74, 6) is 0.233. The molecule has 0 aliphatic carbocycles. The van der Waals surface area contributed by atoms with Crippen LogP contribution in [0.5, 0.6) is 0 Å². The fraction of sp³-hybridized carbons (Fsp3) is 0.600. The number of rotatable bonds is 7. The molecule has 1 rings (SSSR count). The Hall–Kier alpha value is -2.02. The number of carbonyl (C=O) groups excluding carboxylic acids is 2. The van der Waals surface area contributed by atoms with Gasteiger partial charge in [-0.25, -0.2) is 9.59 Å². The number of carbonyl (C=O) groups is 2. The van der Waals surface area contributed by atoms with E-state index in [0.29, 0.717) is 31.0 Å². The van der Waals surface area contributed by atoms with Crippen molar-refractivity contribution >= 4 is 12.1 Å². The zero-order valence-electron chi connectivity index (χ0n) is 13.5. The van der Waals surface area contributed by atoms with Crippen LogP contribution in [-0.4, -0.2) is 37.9 Å². The van der Waals surface area contributed by atoms with Crippen molar-refractivity contribution in [3.8, 4) is 0 Å². The predicted octanol–water partition coefficient (Wildman–Crippen LogP) is 2.07. The average Bonchev–Trinajstić information content (AvgIpc) is 2.88. The molecule has 7 nitrogen and oxygen atoms in total. The number of hydrogen-bond donors (Lipinski definition) is 2. The number of methoxy groups -OCH3 is 1. The second kappa shape index (κ2) is 8.43. The van der Waals surface area contributed by atoms with E-state index in [0.717, 1.165) is 6.42 Å². The topological polar surface area (TPSA) is 89.8 Å². The molecule has 1 heterocycles. The van der Waals surface area contributed by atoms with Crippen molar-refractivity contribution < 1.29 is 23.5 Å². The van der Waals surface area contributed by atoms with Crippen LogP contribution >= 0.6 is 0 Å². The van der Waals surface area contributed by atoms with Crippen molar-refractivity contribution in [3.63, 3.8) is 0 Å². The Labute approximate surface area is 130 Å². The van der Waals surface area contributed by atoms with Crippen molar-refractivity contribution in [2.24, 2.45) is 0 Å². The van der Waals surface area contributed by atoms with Gasteiger partial charge in [-0.15, -0.1) is 0 Å². The molecule has 0 aliphatic heterocycles. The van der Waals surface area contributed by atoms with E-state index in [-0.39, 0.29) is 0 Å². The molecule has 0 saturated carbocycles. The van der Waals surface area contributed by atoms with E-state index in [4.69, 9.17) is 9.15 Å². The van der Waals surface area contributed by atoms with Gasteiger partial charge in [0.2, 0.25) is 0 Å². The highest BCUT2D eigenvalue weighted by atomic mass is 16.6. The number of furan rings is 1. The Kier molecular flexibility index (Phi) is 6.91. The van der Waals surface area contributed by atoms with Crippen molar-refractivity contribution in [2.75, 3.05) is 20.2 Å². The molecule has 2 N–H and O–H groups in total. The third-order valence-electron chi connectivity index (χ3n) is 2.57. The molecule has 0 atom stereocenters. The quantitative estimate of drug-likeness (QED) is 0.592. The van der Waals surface area contributed by atoms with E-state index < -0.39 is 17.7 Å². The van der Waals surface area contributed by atoms with E-state index in [1.807, 2.05) is 20.8 Å². The zero-order chi connectivity index (χ0) is 16.6. The van der Waals surface area contributed by atoms with Crippen molar-refractivity contribution in [1.82, 2.24) is 10.6 Å². The maximum atomic E-state index is 11.4. The number of esters is 1. The lowest BCUT2D eigenvalue weighted by molar-refractivity contribution is 0.0526. The van der Waals surface area contributed by atoms with E-state index in [9.17, 15) is 9.59 Å². The number of ether oxygens (including phenoxy) is 2. The molecule has 124 valence electrons. The minimum Gasteiger partial charge on any atom is -0.467 e. The van der Waals surface area contributed by atoms with Crippen LogP contribution in [0.15, 0.2) is 16.7 Å². The highest BCUT2D eigenvalue weighted by Gasteiger charge is 2.15. The molecule has 0 bridgehead atoms. The minimum absolute atomic E-state index is 0.394. The maximum Gasteiger partial charge on any atom is 0.407 e. The first-order valence-corrected chi connectivity index (χ1v) is 7.15. The van der Waals surface area contributed by atoms with Crippen molar-refractivity contribution in [1.29, 1.82) is 0 Å². The minimum atomic E-state index is -0.487. The average molecular weight is 312 g/mol. The highest BCUT2D eigenvalue weighted by Crippen LogP contribution is 2.08. The van der Waals surface area contributed by atoms with Gasteiger partial charge in [0.05, 0.1) is 19.2 Å². The van der Waals surface area contributed by atoms with E-state index >= 15 is 0 Å². The van der Waals surface area contributed by atoms with E-state index in [2.05, 4.69) is 15.4 Å². The Morgan fingerprint density at radius 1 is 1.27 bits per heavy atom. The molecular weight excluding hydrogens is 288 g/mol. The molecule has 1 aromatic rings. The summed E-state index contributed by atoms with van der Waals surface area (Å²) >= 11 is 0. The van der Waals surface area contributed by atoms with Gasteiger partial charge in [-0.3, -0.25) is 0 Å². The van der Waals surface area contributed by atoms with Crippen LogP contribution in [0.25, 0.3) is 0 Å². The molecule has 0 aliphatic rings. The maximum absolute atomic E-state index is 11.4. The normalized spacial score (nSPS) is 11.1. The van der Waals surface area contributed by atoms with Crippen molar-refractivity contribution in [2.45, 2.75) is 39.3 Å². The molecule has 0 spiro atoms. The van der Waals surface area contributed by atoms with Gasteiger partial charge in [0.25, 0.3) is 0 Å². The van der Waals surface area contributed by atoms with E-state index in [1.54, 1.807) is 6.07 Å². The third kappa shape index (κ3) is 7.12. The Morgan fingerprint density at radius 2 is 2.00 bits per heavy atom. The van der Waals surface area contributed by atoms with E-state index in [1.165, 1.54) is 13.4 Å². The third-order valence-corrected chi connectivity index (χ3v) is 2.57. The lowest BCUT2D eigenvalue weighted by atomic mass is 10.2. The number of amides is 1. The van der Waals surface area contributed by atoms with Gasteiger partial charge in [0.15, 0.2) is 0 Å². The lowest BCUT2D eigenvalue weighted by Gasteiger charge is -2.19. The summed E-state index contributed by atoms with van der Waals surface area (Å²) in [6.45, 7) is 7.18. The molecule has 0 unspecified atom stereocenters. The summed E-state index contributed by atoms with van der Waals surface area (Å²) in [6, 6.07) is 1.64. The second-order valence-electron chi connectivity index (χ2n) is 5.75. The molecule has 0 fully saturated rings. The van der Waals surface area contributed by atoms with Crippen LogP contribution in [0, 0.1) is 0 Å². The lowest BCUT2D eigenvalue weighted by Crippen LogP contribution is -2.33. The SMILES string of the molecule is COC(=O)c1coc(CNCCCNC(=O)OC(C)(C)C)c1. The summed E-state index contributed by atoms with van der Waals surface area (Å²) < 4.78 is 14.9. The summed E-state index contributed by atoms with van der Waals surface area (Å²) in [5.41, 5.74) is -0.0928. The fourth-order valence-corrected chi connectivity index (χ4v) is 1.63. The first kappa shape index (κ1) is 18.0. The summed E-state index contributed by atoms with van der Waals surface area (Å²) in [7, 11) is 1.32. The molecule has 0 aromatic carbocycles. The fourth-order valence-electron chi connectivity index (χ4n) is 1.63. The summed E-state index contributed by atoms with van der Waals surface area (Å²) in [5, 5.41) is 5.83. The van der Waals surface area contributed by atoms with Crippen molar-refractivity contribution in [3.05, 3.63) is 23.7 Å². The molecule has 0 saturated heterocycles. The number of alkyl carbamates (subject to hydrolysis) is 1. The largest absolute Gasteiger partial charge is 0.467 e. The molecule has 0 radical (unpaired) electrons. The number of hydrogen-bond acceptors (Lipinski definition) is 6. The molecule has 22 heavy (non-hydrogen) atoms. The first-order valence-electron chi connectivity index (χ1n) is 7.15. The zero-order valence-corrected chi connectivity index (χ0v) is 13.5. The van der Waals surface area contributed by atoms with Gasteiger partial charge in [-0.2, -0.15) is 0 Å². The first-order chi connectivity index (χ1) is 10.3. The van der Waals surface area contributed by atoms with Gasteiger partial charge < -0.3 is 24.5 Å². The predicted molar refractivity (Wildman–Crippen MR) is 80.6 cm³/mol. The highest BCUT2D eigenvalue weighted by molar-refractivity contribution is 5.88. The van der Waals surface area contributed by atoms with Crippen LogP contribution in [-0.2, 0) is 16.0 Å². The molecular formula is C15H24N2O5. The Balaban J connectivity index is 2.12. The van der Waals surface area contributed by atoms with Gasteiger partial charge in [0.1, 0.15) is 17.6 Å². The monoisotopic (exact) mass is 312 g/mol. The molecule has 1 aromatic heterocycles. The second-order valence-corrected chi connectivity index (χ2v) is 5.75. The van der Waals surface area contributed by atoms with Crippen LogP contribution in [0.2, 0.25) is 0 Å². The van der Waals surface area contributed by atoms with Crippen LogP contribution in [0.4, 0.5) is 4.79 Å². The smallest absolute Gasteiger partial charge is 0.407 e. The Morgan fingerprint density at radius 3 is 2.64 bits per heavy atom. The summed E-state index contributed by atoms with van der Waals surface area (Å²) in [6.07, 6.45) is 1.71. The Bertz CT molecular complexity index is 490. The number of nitrogens with one attached hydrogen (secondary N) is 2. The van der Waals surface area contributed by atoms with Crippen LogP contribution in [0.3, 0.4) is 0 Å². The summed E-state index contributed by atoms with van der Waals surface area (Å²) in [4.78, 5) is 22.6. The van der Waals surface area contributed by atoms with Gasteiger partial charge in [-0.05, 0) is 39.8 Å². The van der Waals surface area contributed by atoms with Crippen LogP contribution < -0.4 is 10.6 Å². The molecule has 7 heteroatoms. The van der Waals surface area contributed by atoms with Gasteiger partial charge in [-0.1, -0.05) is 0 Å².